The van der Waals surface area contributed by atoms with Gasteiger partial charge < -0.3 is 5.32 Å². The molecule has 5 nitrogen and oxygen atoms in total. The van der Waals surface area contributed by atoms with Gasteiger partial charge in [-0.3, -0.25) is 14.5 Å². The fraction of sp³-hybridized carbons (Fsp3) is 0.357. The van der Waals surface area contributed by atoms with E-state index in [-0.39, 0.29) is 5.91 Å². The van der Waals surface area contributed by atoms with Gasteiger partial charge in [-0.1, -0.05) is 13.8 Å². The van der Waals surface area contributed by atoms with E-state index in [1.807, 2.05) is 13.1 Å². The number of pyridine rings is 1. The van der Waals surface area contributed by atoms with E-state index in [1.165, 1.54) is 0 Å². The number of anilines is 1. The number of carbonyl (C=O) groups is 1. The van der Waals surface area contributed by atoms with Crippen LogP contribution in [0, 0.1) is 5.92 Å². The molecule has 0 aliphatic carbocycles. The van der Waals surface area contributed by atoms with Crippen molar-refractivity contribution in [2.75, 3.05) is 5.32 Å². The van der Waals surface area contributed by atoms with Gasteiger partial charge in [0.05, 0.1) is 5.69 Å². The molecular weight excluding hydrogens is 240 g/mol. The largest absolute Gasteiger partial charge is 0.307 e. The summed E-state index contributed by atoms with van der Waals surface area (Å²) < 4.78 is 1.69. The lowest BCUT2D eigenvalue weighted by Gasteiger charge is -2.04. The monoisotopic (exact) mass is 258 g/mol. The second-order valence-electron chi connectivity index (χ2n) is 4.93. The first-order valence-corrected chi connectivity index (χ1v) is 6.30. The molecule has 1 N–H and O–H groups in total. The van der Waals surface area contributed by atoms with Crippen molar-refractivity contribution < 1.29 is 4.79 Å². The molecule has 0 saturated heterocycles. The van der Waals surface area contributed by atoms with Gasteiger partial charge in [0.1, 0.15) is 5.82 Å². The number of rotatable bonds is 4. The third kappa shape index (κ3) is 3.40. The van der Waals surface area contributed by atoms with Crippen molar-refractivity contribution in [3.63, 3.8) is 0 Å². The molecule has 19 heavy (non-hydrogen) atoms. The van der Waals surface area contributed by atoms with Gasteiger partial charge >= 0.3 is 0 Å². The topological polar surface area (TPSA) is 59.8 Å². The van der Waals surface area contributed by atoms with Crippen LogP contribution in [-0.4, -0.2) is 20.7 Å². The summed E-state index contributed by atoms with van der Waals surface area (Å²) in [6.45, 7) is 4.29. The molecule has 100 valence electrons. The molecule has 0 aromatic carbocycles. The normalized spacial score (nSPS) is 10.7. The van der Waals surface area contributed by atoms with Crippen molar-refractivity contribution in [2.45, 2.75) is 20.3 Å². The first-order chi connectivity index (χ1) is 9.06. The standard InChI is InChI=1S/C14H18N4O/c1-10(2)8-12-9-13(18(3)17-12)16-14(19)11-4-6-15-7-5-11/h4-7,9-10H,8H2,1-3H3,(H,16,19). The third-order valence-electron chi connectivity index (χ3n) is 2.73. The van der Waals surface area contributed by atoms with Gasteiger partial charge in [0.25, 0.3) is 5.91 Å². The molecule has 5 heteroatoms. The molecule has 0 saturated carbocycles. The quantitative estimate of drug-likeness (QED) is 0.915. The van der Waals surface area contributed by atoms with E-state index < -0.39 is 0 Å². The molecule has 0 aliphatic rings. The zero-order valence-corrected chi connectivity index (χ0v) is 11.4. The summed E-state index contributed by atoms with van der Waals surface area (Å²) in [6.07, 6.45) is 4.10. The maximum absolute atomic E-state index is 12.0. The maximum Gasteiger partial charge on any atom is 0.256 e. The molecule has 2 heterocycles. The van der Waals surface area contributed by atoms with Gasteiger partial charge in [-0.15, -0.1) is 0 Å². The highest BCUT2D eigenvalue weighted by Crippen LogP contribution is 2.14. The molecule has 0 aliphatic heterocycles. The summed E-state index contributed by atoms with van der Waals surface area (Å²) in [4.78, 5) is 15.9. The Morgan fingerprint density at radius 3 is 2.68 bits per heavy atom. The molecule has 2 aromatic rings. The molecule has 0 atom stereocenters. The van der Waals surface area contributed by atoms with Crippen molar-refractivity contribution >= 4 is 11.7 Å². The van der Waals surface area contributed by atoms with Crippen molar-refractivity contribution in [1.29, 1.82) is 0 Å². The lowest BCUT2D eigenvalue weighted by Crippen LogP contribution is -2.14. The first kappa shape index (κ1) is 13.3. The van der Waals surface area contributed by atoms with Gasteiger partial charge in [-0.05, 0) is 24.5 Å². The Hall–Kier alpha value is -2.17. The SMILES string of the molecule is CC(C)Cc1cc(NC(=O)c2ccncc2)n(C)n1. The highest BCUT2D eigenvalue weighted by molar-refractivity contribution is 6.03. The van der Waals surface area contributed by atoms with Crippen LogP contribution in [0.15, 0.2) is 30.6 Å². The van der Waals surface area contributed by atoms with Gasteiger partial charge in [-0.25, -0.2) is 0 Å². The van der Waals surface area contributed by atoms with Crippen LogP contribution in [-0.2, 0) is 13.5 Å². The summed E-state index contributed by atoms with van der Waals surface area (Å²) in [5.41, 5.74) is 1.57. The fourth-order valence-corrected chi connectivity index (χ4v) is 1.85. The highest BCUT2D eigenvalue weighted by atomic mass is 16.1. The Labute approximate surface area is 112 Å². The number of hydrogen-bond acceptors (Lipinski definition) is 3. The number of aromatic nitrogens is 3. The van der Waals surface area contributed by atoms with E-state index in [1.54, 1.807) is 29.2 Å². The van der Waals surface area contributed by atoms with Crippen LogP contribution in [0.25, 0.3) is 0 Å². The average Bonchev–Trinajstić information content (AvgIpc) is 2.69. The van der Waals surface area contributed by atoms with Crippen LogP contribution < -0.4 is 5.32 Å². The van der Waals surface area contributed by atoms with Crippen LogP contribution in [0.5, 0.6) is 0 Å². The van der Waals surface area contributed by atoms with Gasteiger partial charge in [0.2, 0.25) is 0 Å². The number of nitrogens with zero attached hydrogens (tertiary/aromatic N) is 3. The molecule has 2 aromatic heterocycles. The Kier molecular flexibility index (Phi) is 3.94. The maximum atomic E-state index is 12.0. The van der Waals surface area contributed by atoms with Crippen molar-refractivity contribution in [1.82, 2.24) is 14.8 Å². The molecule has 2 rings (SSSR count). The molecule has 0 fully saturated rings. The van der Waals surface area contributed by atoms with Crippen LogP contribution in [0.2, 0.25) is 0 Å². The smallest absolute Gasteiger partial charge is 0.256 e. The van der Waals surface area contributed by atoms with E-state index in [2.05, 4.69) is 29.2 Å². The van der Waals surface area contributed by atoms with Crippen LogP contribution in [0.1, 0.15) is 29.9 Å². The van der Waals surface area contributed by atoms with Crippen LogP contribution >= 0.6 is 0 Å². The molecule has 0 bridgehead atoms. The predicted octanol–water partition coefficient (Wildman–Crippen LogP) is 2.27. The predicted molar refractivity (Wildman–Crippen MR) is 73.9 cm³/mol. The zero-order valence-electron chi connectivity index (χ0n) is 11.4. The summed E-state index contributed by atoms with van der Waals surface area (Å²) >= 11 is 0. The molecule has 0 unspecified atom stereocenters. The minimum absolute atomic E-state index is 0.151. The van der Waals surface area contributed by atoms with E-state index in [9.17, 15) is 4.79 Å². The molecule has 0 spiro atoms. The van der Waals surface area contributed by atoms with E-state index in [0.717, 1.165) is 12.1 Å². The zero-order chi connectivity index (χ0) is 13.8. The summed E-state index contributed by atoms with van der Waals surface area (Å²) in [6, 6.07) is 5.28. The van der Waals surface area contributed by atoms with Gasteiger partial charge in [-0.2, -0.15) is 5.10 Å². The number of nitrogens with one attached hydrogen (secondary N) is 1. The van der Waals surface area contributed by atoms with Crippen molar-refractivity contribution in [3.05, 3.63) is 41.9 Å². The highest BCUT2D eigenvalue weighted by Gasteiger charge is 2.11. The number of carbonyl (C=O) groups excluding carboxylic acids is 1. The fourth-order valence-electron chi connectivity index (χ4n) is 1.85. The third-order valence-corrected chi connectivity index (χ3v) is 2.73. The Morgan fingerprint density at radius 2 is 2.05 bits per heavy atom. The molecule has 1 amide bonds. The number of hydrogen-bond donors (Lipinski definition) is 1. The second-order valence-corrected chi connectivity index (χ2v) is 4.93. The van der Waals surface area contributed by atoms with Crippen molar-refractivity contribution in [3.8, 4) is 0 Å². The van der Waals surface area contributed by atoms with Gasteiger partial charge in [0, 0.05) is 31.1 Å². The average molecular weight is 258 g/mol. The molecule has 0 radical (unpaired) electrons. The minimum Gasteiger partial charge on any atom is -0.307 e. The van der Waals surface area contributed by atoms with Crippen LogP contribution in [0.3, 0.4) is 0 Å². The lowest BCUT2D eigenvalue weighted by atomic mass is 10.1. The number of amides is 1. The summed E-state index contributed by atoms with van der Waals surface area (Å²) in [5.74, 6) is 1.10. The van der Waals surface area contributed by atoms with E-state index >= 15 is 0 Å². The van der Waals surface area contributed by atoms with Crippen molar-refractivity contribution in [2.24, 2.45) is 13.0 Å². The Bertz CT molecular complexity index is 560. The second kappa shape index (κ2) is 5.65. The lowest BCUT2D eigenvalue weighted by molar-refractivity contribution is 0.102. The summed E-state index contributed by atoms with van der Waals surface area (Å²) in [7, 11) is 1.83. The van der Waals surface area contributed by atoms with Crippen LogP contribution in [0.4, 0.5) is 5.82 Å². The Morgan fingerprint density at radius 1 is 1.37 bits per heavy atom. The van der Waals surface area contributed by atoms with Gasteiger partial charge in [0.15, 0.2) is 0 Å². The van der Waals surface area contributed by atoms with E-state index in [4.69, 9.17) is 0 Å². The summed E-state index contributed by atoms with van der Waals surface area (Å²) in [5, 5.41) is 7.24. The minimum atomic E-state index is -0.151. The Balaban J connectivity index is 2.11. The molecular formula is C14H18N4O. The first-order valence-electron chi connectivity index (χ1n) is 6.30. The number of aryl methyl sites for hydroxylation is 1. The van der Waals surface area contributed by atoms with E-state index in [0.29, 0.717) is 17.3 Å².